The fourth-order valence-corrected chi connectivity index (χ4v) is 2.70. The zero-order valence-corrected chi connectivity index (χ0v) is 17.2. The number of ether oxygens (including phenoxy) is 1. The molecule has 28 heavy (non-hydrogen) atoms. The Bertz CT molecular complexity index is 694. The van der Waals surface area contributed by atoms with Crippen LogP contribution in [0.1, 0.15) is 40.2 Å². The number of aliphatic carboxylic acids is 1. The predicted molar refractivity (Wildman–Crippen MR) is 104 cm³/mol. The average Bonchev–Trinajstić information content (AvgIpc) is 2.54. The minimum atomic E-state index is -1.19. The second-order valence-electron chi connectivity index (χ2n) is 8.05. The van der Waals surface area contributed by atoms with Gasteiger partial charge in [-0.05, 0) is 44.4 Å². The number of hydrogen-bond donors (Lipinski definition) is 3. The number of likely N-dealkylation sites (N-methyl/N-ethyl adjacent to an activating group) is 1. The molecule has 0 unspecified atom stereocenters. The molecule has 0 bridgehead atoms. The summed E-state index contributed by atoms with van der Waals surface area (Å²) in [5.41, 5.74) is -0.0710. The van der Waals surface area contributed by atoms with Gasteiger partial charge in [-0.2, -0.15) is 0 Å². The van der Waals surface area contributed by atoms with Crippen molar-refractivity contribution in [3.8, 4) is 5.75 Å². The van der Waals surface area contributed by atoms with Crippen LogP contribution in [0.3, 0.4) is 0 Å². The van der Waals surface area contributed by atoms with Gasteiger partial charge in [0.15, 0.2) is 0 Å². The molecule has 1 rings (SSSR count). The number of carboxylic acid groups (broad SMARTS) is 1. The van der Waals surface area contributed by atoms with E-state index in [0.717, 1.165) is 0 Å². The van der Waals surface area contributed by atoms with E-state index in [2.05, 4.69) is 5.32 Å². The van der Waals surface area contributed by atoms with Crippen molar-refractivity contribution in [3.63, 3.8) is 0 Å². The number of nitrogens with zero attached hydrogens (tertiary/aromatic N) is 1. The lowest BCUT2D eigenvalue weighted by Crippen LogP contribution is -2.55. The first-order valence-electron chi connectivity index (χ1n) is 9.08. The van der Waals surface area contributed by atoms with Gasteiger partial charge in [0.25, 0.3) is 0 Å². The summed E-state index contributed by atoms with van der Waals surface area (Å²) in [5, 5.41) is 21.3. The van der Waals surface area contributed by atoms with Crippen LogP contribution < -0.4 is 5.32 Å². The topological polar surface area (TPSA) is 116 Å². The van der Waals surface area contributed by atoms with Crippen LogP contribution in [0.25, 0.3) is 0 Å². The van der Waals surface area contributed by atoms with Crippen molar-refractivity contribution >= 4 is 18.0 Å². The quantitative estimate of drug-likeness (QED) is 0.654. The third kappa shape index (κ3) is 7.09. The lowest BCUT2D eigenvalue weighted by Gasteiger charge is -2.32. The third-order valence-electron chi connectivity index (χ3n) is 3.99. The summed E-state index contributed by atoms with van der Waals surface area (Å²) in [4.78, 5) is 37.9. The van der Waals surface area contributed by atoms with Crippen LogP contribution in [0.4, 0.5) is 4.79 Å². The van der Waals surface area contributed by atoms with Crippen molar-refractivity contribution in [3.05, 3.63) is 29.8 Å². The Balaban J connectivity index is 2.93. The number of phenols is 1. The van der Waals surface area contributed by atoms with E-state index in [1.165, 1.54) is 24.1 Å². The Morgan fingerprint density at radius 1 is 1.14 bits per heavy atom. The molecule has 0 heterocycles. The Morgan fingerprint density at radius 3 is 2.11 bits per heavy atom. The first-order chi connectivity index (χ1) is 12.8. The number of phenolic OH excluding ortho intramolecular Hbond substituents is 1. The molecule has 0 saturated carbocycles. The smallest absolute Gasteiger partial charge is 0.410 e. The molecule has 0 radical (unpaired) electrons. The fourth-order valence-electron chi connectivity index (χ4n) is 2.70. The molecule has 0 fully saturated rings. The van der Waals surface area contributed by atoms with Gasteiger partial charge < -0.3 is 20.3 Å². The van der Waals surface area contributed by atoms with Gasteiger partial charge in [0.2, 0.25) is 5.91 Å². The molecular weight excluding hydrogens is 364 g/mol. The molecular formula is C20H30N2O6. The van der Waals surface area contributed by atoms with E-state index in [1.54, 1.807) is 46.8 Å². The van der Waals surface area contributed by atoms with Crippen LogP contribution in [0, 0.1) is 5.92 Å². The van der Waals surface area contributed by atoms with E-state index in [0.29, 0.717) is 5.56 Å². The zero-order valence-electron chi connectivity index (χ0n) is 17.2. The predicted octanol–water partition coefficient (Wildman–Crippen LogP) is 2.40. The summed E-state index contributed by atoms with van der Waals surface area (Å²) in [5.74, 6) is -1.96. The van der Waals surface area contributed by atoms with Crippen LogP contribution in [0.5, 0.6) is 5.75 Å². The summed E-state index contributed by atoms with van der Waals surface area (Å²) < 4.78 is 5.31. The summed E-state index contributed by atoms with van der Waals surface area (Å²) in [6.45, 7) is 8.70. The Labute approximate surface area is 165 Å². The number of nitrogens with one attached hydrogen (secondary N) is 1. The highest BCUT2D eigenvalue weighted by atomic mass is 16.6. The van der Waals surface area contributed by atoms with Crippen LogP contribution in [0.15, 0.2) is 24.3 Å². The summed E-state index contributed by atoms with van der Waals surface area (Å²) in [6, 6.07) is 4.00. The van der Waals surface area contributed by atoms with E-state index in [-0.39, 0.29) is 18.1 Å². The molecule has 156 valence electrons. The van der Waals surface area contributed by atoms with E-state index in [1.807, 2.05) is 0 Å². The van der Waals surface area contributed by atoms with Crippen LogP contribution in [-0.4, -0.2) is 57.8 Å². The summed E-state index contributed by atoms with van der Waals surface area (Å²) in [6.07, 6.45) is -0.616. The highest BCUT2D eigenvalue weighted by molar-refractivity contribution is 5.89. The van der Waals surface area contributed by atoms with Gasteiger partial charge in [-0.3, -0.25) is 9.69 Å². The molecule has 0 saturated heterocycles. The van der Waals surface area contributed by atoms with Gasteiger partial charge in [-0.1, -0.05) is 26.0 Å². The summed E-state index contributed by atoms with van der Waals surface area (Å²) >= 11 is 0. The number of amides is 2. The van der Waals surface area contributed by atoms with E-state index >= 15 is 0 Å². The van der Waals surface area contributed by atoms with E-state index in [4.69, 9.17) is 4.74 Å². The number of benzene rings is 1. The van der Waals surface area contributed by atoms with Crippen molar-refractivity contribution < 1.29 is 29.3 Å². The molecule has 0 aliphatic carbocycles. The van der Waals surface area contributed by atoms with Gasteiger partial charge >= 0.3 is 12.1 Å². The standard InChI is InChI=1S/C20H30N2O6/c1-12(2)16(22(6)19(27)28-20(3,4)5)17(24)21-15(18(25)26)11-13-7-9-14(23)10-8-13/h7-10,12,15-16,23H,11H2,1-6H3,(H,21,24)(H,25,26)/t15-,16-/m0/s1. The lowest BCUT2D eigenvalue weighted by molar-refractivity contribution is -0.142. The highest BCUT2D eigenvalue weighted by Gasteiger charge is 2.34. The molecule has 0 aliphatic rings. The Hall–Kier alpha value is -2.77. The molecule has 2 atom stereocenters. The minimum Gasteiger partial charge on any atom is -0.508 e. The SMILES string of the molecule is CC(C)[C@@H](C(=O)N[C@@H](Cc1ccc(O)cc1)C(=O)O)N(C)C(=O)OC(C)(C)C. The van der Waals surface area contributed by atoms with E-state index < -0.39 is 35.7 Å². The Morgan fingerprint density at radius 2 is 1.68 bits per heavy atom. The molecule has 8 nitrogen and oxygen atoms in total. The van der Waals surface area contributed by atoms with Crippen molar-refractivity contribution in [1.29, 1.82) is 0 Å². The van der Waals surface area contributed by atoms with Gasteiger partial charge in [-0.25, -0.2) is 9.59 Å². The molecule has 0 spiro atoms. The first-order valence-corrected chi connectivity index (χ1v) is 9.08. The maximum absolute atomic E-state index is 12.8. The van der Waals surface area contributed by atoms with Gasteiger partial charge in [0.1, 0.15) is 23.4 Å². The number of carbonyl (C=O) groups is 3. The maximum Gasteiger partial charge on any atom is 0.410 e. The van der Waals surface area contributed by atoms with Gasteiger partial charge in [0.05, 0.1) is 0 Å². The molecule has 1 aromatic carbocycles. The number of carboxylic acids is 1. The van der Waals surface area contributed by atoms with Crippen LogP contribution in [0.2, 0.25) is 0 Å². The molecule has 8 heteroatoms. The second kappa shape index (κ2) is 9.43. The molecule has 2 amide bonds. The number of aromatic hydroxyl groups is 1. The molecule has 0 aromatic heterocycles. The molecule has 1 aromatic rings. The van der Waals surface area contributed by atoms with Crippen molar-refractivity contribution in [2.45, 2.75) is 58.7 Å². The summed E-state index contributed by atoms with van der Waals surface area (Å²) in [7, 11) is 1.45. The van der Waals surface area contributed by atoms with E-state index in [9.17, 15) is 24.6 Å². The first kappa shape index (κ1) is 23.3. The number of carbonyl (C=O) groups excluding carboxylic acids is 2. The van der Waals surface area contributed by atoms with Crippen LogP contribution >= 0.6 is 0 Å². The maximum atomic E-state index is 12.8. The van der Waals surface area contributed by atoms with Crippen molar-refractivity contribution in [2.75, 3.05) is 7.05 Å². The van der Waals surface area contributed by atoms with Crippen LogP contribution in [-0.2, 0) is 20.7 Å². The van der Waals surface area contributed by atoms with Gasteiger partial charge in [-0.15, -0.1) is 0 Å². The normalized spacial score (nSPS) is 13.5. The highest BCUT2D eigenvalue weighted by Crippen LogP contribution is 2.16. The number of hydrogen-bond acceptors (Lipinski definition) is 5. The third-order valence-corrected chi connectivity index (χ3v) is 3.99. The largest absolute Gasteiger partial charge is 0.508 e. The number of rotatable bonds is 7. The second-order valence-corrected chi connectivity index (χ2v) is 8.05. The monoisotopic (exact) mass is 394 g/mol. The molecule has 3 N–H and O–H groups in total. The van der Waals surface area contributed by atoms with Crippen molar-refractivity contribution in [2.24, 2.45) is 5.92 Å². The zero-order chi connectivity index (χ0) is 21.6. The Kier molecular flexibility index (Phi) is 7.84. The molecule has 0 aliphatic heterocycles. The van der Waals surface area contributed by atoms with Gasteiger partial charge in [0, 0.05) is 13.5 Å². The fraction of sp³-hybridized carbons (Fsp3) is 0.550. The average molecular weight is 394 g/mol. The minimum absolute atomic E-state index is 0.0440. The van der Waals surface area contributed by atoms with Crippen molar-refractivity contribution in [1.82, 2.24) is 10.2 Å². The lowest BCUT2D eigenvalue weighted by atomic mass is 10.0.